The van der Waals surface area contributed by atoms with Crippen LogP contribution < -0.4 is 5.32 Å². The molecule has 1 aliphatic heterocycles. The van der Waals surface area contributed by atoms with Gasteiger partial charge in [-0.05, 0) is 19.3 Å². The predicted octanol–water partition coefficient (Wildman–Crippen LogP) is 0.0449. The monoisotopic (exact) mass is 216 g/mol. The van der Waals surface area contributed by atoms with Crippen LogP contribution in [0.2, 0.25) is 0 Å². The van der Waals surface area contributed by atoms with Gasteiger partial charge < -0.3 is 10.2 Å². The first-order valence-corrected chi connectivity index (χ1v) is 5.52. The second-order valence-electron chi connectivity index (χ2n) is 3.38. The highest BCUT2D eigenvalue weighted by Crippen LogP contribution is 2.07. The van der Waals surface area contributed by atoms with Gasteiger partial charge in [-0.15, -0.1) is 0 Å². The Labute approximate surface area is 89.4 Å². The maximum Gasteiger partial charge on any atom is 0.241 e. The molecule has 1 fully saturated rings. The zero-order chi connectivity index (χ0) is 10.4. The summed E-state index contributed by atoms with van der Waals surface area (Å²) in [5.74, 6) is -0.0497. The van der Waals surface area contributed by atoms with E-state index in [4.69, 9.17) is 0 Å². The first-order valence-electron chi connectivity index (χ1n) is 4.89. The van der Waals surface area contributed by atoms with Crippen molar-refractivity contribution in [3.63, 3.8) is 0 Å². The molecule has 0 bridgehead atoms. The number of carbonyl (C=O) groups excluding carboxylic acids is 2. The van der Waals surface area contributed by atoms with Crippen molar-refractivity contribution in [2.75, 3.05) is 25.4 Å². The van der Waals surface area contributed by atoms with Crippen molar-refractivity contribution in [3.05, 3.63) is 0 Å². The summed E-state index contributed by atoms with van der Waals surface area (Å²) in [6.45, 7) is 1.77. The molecular formula is C9H16N2O2S. The van der Waals surface area contributed by atoms with Gasteiger partial charge in [0.1, 0.15) is 0 Å². The molecule has 0 aromatic carbocycles. The first kappa shape index (κ1) is 11.4. The van der Waals surface area contributed by atoms with E-state index in [2.05, 4.69) is 17.9 Å². The van der Waals surface area contributed by atoms with E-state index in [0.717, 1.165) is 25.9 Å². The lowest BCUT2D eigenvalue weighted by Gasteiger charge is -2.26. The number of thiol groups is 1. The predicted molar refractivity (Wildman–Crippen MR) is 57.3 cm³/mol. The standard InChI is InChI=1S/C9H16N2O2S/c12-8(7-14)10-6-9(13)11-4-2-1-3-5-11/h14H,1-7H2,(H,10,12). The summed E-state index contributed by atoms with van der Waals surface area (Å²) in [5, 5.41) is 2.52. The Balaban J connectivity index is 2.23. The molecule has 2 amide bonds. The number of piperidine rings is 1. The van der Waals surface area contributed by atoms with E-state index in [0.29, 0.717) is 0 Å². The van der Waals surface area contributed by atoms with Gasteiger partial charge in [-0.3, -0.25) is 9.59 Å². The Morgan fingerprint density at radius 2 is 1.86 bits per heavy atom. The molecule has 1 rings (SSSR count). The normalized spacial score (nSPS) is 16.5. The topological polar surface area (TPSA) is 49.4 Å². The molecule has 0 saturated carbocycles. The van der Waals surface area contributed by atoms with Crippen molar-refractivity contribution in [1.29, 1.82) is 0 Å². The van der Waals surface area contributed by atoms with Crippen LogP contribution in [-0.4, -0.2) is 42.1 Å². The molecule has 1 saturated heterocycles. The molecular weight excluding hydrogens is 200 g/mol. The summed E-state index contributed by atoms with van der Waals surface area (Å²) in [4.78, 5) is 24.2. The van der Waals surface area contributed by atoms with Gasteiger partial charge in [0.2, 0.25) is 11.8 Å². The van der Waals surface area contributed by atoms with Crippen LogP contribution >= 0.6 is 12.6 Å². The Hall–Kier alpha value is -0.710. The Morgan fingerprint density at radius 3 is 2.43 bits per heavy atom. The second kappa shape index (κ2) is 5.90. The summed E-state index contributed by atoms with van der Waals surface area (Å²) in [6, 6.07) is 0. The van der Waals surface area contributed by atoms with E-state index >= 15 is 0 Å². The van der Waals surface area contributed by atoms with Crippen LogP contribution in [0, 0.1) is 0 Å². The SMILES string of the molecule is O=C(CS)NCC(=O)N1CCCCC1. The van der Waals surface area contributed by atoms with Crippen LogP contribution in [0.3, 0.4) is 0 Å². The Bertz CT molecular complexity index is 215. The summed E-state index contributed by atoms with van der Waals surface area (Å²) in [6.07, 6.45) is 3.35. The molecule has 0 aromatic heterocycles. The second-order valence-corrected chi connectivity index (χ2v) is 3.69. The molecule has 0 aliphatic carbocycles. The van der Waals surface area contributed by atoms with E-state index < -0.39 is 0 Å². The van der Waals surface area contributed by atoms with E-state index in [1.54, 1.807) is 0 Å². The van der Waals surface area contributed by atoms with Crippen LogP contribution in [0.15, 0.2) is 0 Å². The molecule has 14 heavy (non-hydrogen) atoms. The highest BCUT2D eigenvalue weighted by atomic mass is 32.1. The van der Waals surface area contributed by atoms with Gasteiger partial charge in [0, 0.05) is 13.1 Å². The smallest absolute Gasteiger partial charge is 0.241 e. The van der Waals surface area contributed by atoms with Gasteiger partial charge in [0.25, 0.3) is 0 Å². The maximum atomic E-state index is 11.5. The molecule has 4 nitrogen and oxygen atoms in total. The molecule has 0 aromatic rings. The zero-order valence-electron chi connectivity index (χ0n) is 8.16. The lowest BCUT2D eigenvalue weighted by molar-refractivity contribution is -0.133. The van der Waals surface area contributed by atoms with Crippen molar-refractivity contribution < 1.29 is 9.59 Å². The molecule has 80 valence electrons. The lowest BCUT2D eigenvalue weighted by atomic mass is 10.1. The van der Waals surface area contributed by atoms with Gasteiger partial charge >= 0.3 is 0 Å². The third kappa shape index (κ3) is 3.57. The first-order chi connectivity index (χ1) is 6.74. The van der Waals surface area contributed by atoms with Gasteiger partial charge in [0.05, 0.1) is 12.3 Å². The van der Waals surface area contributed by atoms with Crippen molar-refractivity contribution in [3.8, 4) is 0 Å². The minimum Gasteiger partial charge on any atom is -0.346 e. The molecule has 5 heteroatoms. The summed E-state index contributed by atoms with van der Waals surface area (Å²) >= 11 is 3.81. The number of rotatable bonds is 3. The number of nitrogens with one attached hydrogen (secondary N) is 1. The fraction of sp³-hybridized carbons (Fsp3) is 0.778. The quantitative estimate of drug-likeness (QED) is 0.655. The average molecular weight is 216 g/mol. The van der Waals surface area contributed by atoms with E-state index in [1.807, 2.05) is 4.90 Å². The molecule has 0 unspecified atom stereocenters. The molecule has 0 spiro atoms. The van der Waals surface area contributed by atoms with Gasteiger partial charge in [-0.25, -0.2) is 0 Å². The number of likely N-dealkylation sites (tertiary alicyclic amines) is 1. The lowest BCUT2D eigenvalue weighted by Crippen LogP contribution is -2.42. The fourth-order valence-electron chi connectivity index (χ4n) is 1.49. The van der Waals surface area contributed by atoms with Crippen molar-refractivity contribution >= 4 is 24.4 Å². The van der Waals surface area contributed by atoms with E-state index in [-0.39, 0.29) is 24.1 Å². The number of hydrogen-bond acceptors (Lipinski definition) is 3. The van der Waals surface area contributed by atoms with Crippen LogP contribution in [0.25, 0.3) is 0 Å². The van der Waals surface area contributed by atoms with E-state index in [9.17, 15) is 9.59 Å². The summed E-state index contributed by atoms with van der Waals surface area (Å²) in [5.41, 5.74) is 0. The number of hydrogen-bond donors (Lipinski definition) is 2. The van der Waals surface area contributed by atoms with Crippen LogP contribution in [0.5, 0.6) is 0 Å². The van der Waals surface area contributed by atoms with Crippen LogP contribution in [-0.2, 0) is 9.59 Å². The fourth-order valence-corrected chi connectivity index (χ4v) is 1.60. The molecule has 1 N–H and O–H groups in total. The summed E-state index contributed by atoms with van der Waals surface area (Å²) < 4.78 is 0. The van der Waals surface area contributed by atoms with Gasteiger partial charge in [-0.1, -0.05) is 0 Å². The molecule has 1 aliphatic rings. The minimum atomic E-state index is -0.196. The number of amides is 2. The Kier molecular flexibility index (Phi) is 4.79. The highest BCUT2D eigenvalue weighted by molar-refractivity contribution is 7.81. The van der Waals surface area contributed by atoms with Crippen molar-refractivity contribution in [2.45, 2.75) is 19.3 Å². The van der Waals surface area contributed by atoms with Crippen molar-refractivity contribution in [1.82, 2.24) is 10.2 Å². The van der Waals surface area contributed by atoms with Gasteiger partial charge in [-0.2, -0.15) is 12.6 Å². The third-order valence-corrected chi connectivity index (χ3v) is 2.58. The molecule has 0 atom stereocenters. The number of nitrogens with zero attached hydrogens (tertiary/aromatic N) is 1. The van der Waals surface area contributed by atoms with Gasteiger partial charge in [0.15, 0.2) is 0 Å². The summed E-state index contributed by atoms with van der Waals surface area (Å²) in [7, 11) is 0. The number of carbonyl (C=O) groups is 2. The molecule has 0 radical (unpaired) electrons. The molecule has 1 heterocycles. The largest absolute Gasteiger partial charge is 0.346 e. The highest BCUT2D eigenvalue weighted by Gasteiger charge is 2.16. The van der Waals surface area contributed by atoms with Crippen LogP contribution in [0.1, 0.15) is 19.3 Å². The van der Waals surface area contributed by atoms with Crippen LogP contribution in [0.4, 0.5) is 0 Å². The maximum absolute atomic E-state index is 11.5. The van der Waals surface area contributed by atoms with Crippen molar-refractivity contribution in [2.24, 2.45) is 0 Å². The average Bonchev–Trinajstić information content (AvgIpc) is 2.26. The Morgan fingerprint density at radius 1 is 1.21 bits per heavy atom. The minimum absolute atomic E-state index is 0.0137. The van der Waals surface area contributed by atoms with E-state index in [1.165, 1.54) is 6.42 Å². The third-order valence-electron chi connectivity index (χ3n) is 2.29. The zero-order valence-corrected chi connectivity index (χ0v) is 9.06.